The van der Waals surface area contributed by atoms with Gasteiger partial charge in [-0.05, 0) is 35.7 Å². The van der Waals surface area contributed by atoms with Crippen LogP contribution in [0.5, 0.6) is 0 Å². The highest BCUT2D eigenvalue weighted by atomic mass is 32.2. The number of hydrogen-bond donors (Lipinski definition) is 2. The molecule has 0 amide bonds. The van der Waals surface area contributed by atoms with Crippen molar-refractivity contribution in [1.29, 1.82) is 0 Å². The van der Waals surface area contributed by atoms with Gasteiger partial charge in [0.2, 0.25) is 10.0 Å². The molecule has 5 rings (SSSR count). The fourth-order valence-corrected chi connectivity index (χ4v) is 4.80. The van der Waals surface area contributed by atoms with Crippen LogP contribution in [-0.2, 0) is 23.5 Å². The summed E-state index contributed by atoms with van der Waals surface area (Å²) in [5.74, 6) is -0.0834. The Kier molecular flexibility index (Phi) is 6.70. The molecular weight excluding hydrogens is 488 g/mol. The molecule has 0 aliphatic rings. The van der Waals surface area contributed by atoms with Gasteiger partial charge in [0.15, 0.2) is 5.78 Å². The predicted molar refractivity (Wildman–Crippen MR) is 140 cm³/mol. The molecule has 0 aliphatic heterocycles. The first-order valence-electron chi connectivity index (χ1n) is 11.7. The largest absolute Gasteiger partial charge is 0.303 e. The van der Waals surface area contributed by atoms with Gasteiger partial charge in [0.25, 0.3) is 0 Å². The number of aromatic nitrogens is 4. The summed E-state index contributed by atoms with van der Waals surface area (Å²) in [4.78, 5) is 13.8. The van der Waals surface area contributed by atoms with Crippen molar-refractivity contribution in [3.05, 3.63) is 108 Å². The minimum Gasteiger partial charge on any atom is -0.303 e. The van der Waals surface area contributed by atoms with E-state index >= 15 is 0 Å². The number of carbonyl (C=O) groups is 1. The lowest BCUT2D eigenvalue weighted by atomic mass is 9.97. The van der Waals surface area contributed by atoms with Crippen molar-refractivity contribution < 1.29 is 13.2 Å². The molecule has 0 saturated heterocycles. The third-order valence-electron chi connectivity index (χ3n) is 6.23. The number of primary sulfonamides is 1. The Morgan fingerprint density at radius 1 is 0.946 bits per heavy atom. The Morgan fingerprint density at radius 2 is 1.70 bits per heavy atom. The summed E-state index contributed by atoms with van der Waals surface area (Å²) < 4.78 is 26.4. The van der Waals surface area contributed by atoms with E-state index in [1.165, 1.54) is 12.1 Å². The summed E-state index contributed by atoms with van der Waals surface area (Å²) in [7, 11) is -1.87. The normalized spacial score (nSPS) is 12.6. The number of carbonyl (C=O) groups excluding carboxylic acids is 1. The summed E-state index contributed by atoms with van der Waals surface area (Å²) in [6.45, 7) is 0.504. The molecule has 3 aromatic heterocycles. The van der Waals surface area contributed by atoms with E-state index in [1.54, 1.807) is 33.7 Å². The highest BCUT2D eigenvalue weighted by Gasteiger charge is 2.24. The second-order valence-corrected chi connectivity index (χ2v) is 10.4. The maximum Gasteiger partial charge on any atom is 0.238 e. The molecular formula is C27H26N6O3S. The van der Waals surface area contributed by atoms with Crippen LogP contribution < -0.4 is 10.5 Å². The second-order valence-electron chi connectivity index (χ2n) is 8.81. The summed E-state index contributed by atoms with van der Waals surface area (Å²) >= 11 is 0. The van der Waals surface area contributed by atoms with Crippen LogP contribution in [0.4, 0.5) is 0 Å². The van der Waals surface area contributed by atoms with Crippen LogP contribution in [0.25, 0.3) is 16.6 Å². The van der Waals surface area contributed by atoms with Gasteiger partial charge in [-0.1, -0.05) is 48.5 Å². The minimum absolute atomic E-state index is 0.0707. The summed E-state index contributed by atoms with van der Waals surface area (Å²) in [5.41, 5.74) is 4.94. The lowest BCUT2D eigenvalue weighted by molar-refractivity contribution is 0.0945. The zero-order valence-electron chi connectivity index (χ0n) is 20.2. The van der Waals surface area contributed by atoms with Gasteiger partial charge < -0.3 is 5.32 Å². The Balaban J connectivity index is 1.37. The number of nitrogens with two attached hydrogens (primary N) is 1. The number of nitrogens with one attached hydrogen (secondary N) is 1. The molecule has 0 aliphatic carbocycles. The molecule has 1 atom stereocenters. The molecule has 0 saturated carbocycles. The van der Waals surface area contributed by atoms with E-state index < -0.39 is 16.1 Å². The van der Waals surface area contributed by atoms with E-state index in [0.29, 0.717) is 18.5 Å². The summed E-state index contributed by atoms with van der Waals surface area (Å²) in [6.07, 6.45) is 7.81. The van der Waals surface area contributed by atoms with Crippen molar-refractivity contribution in [3.8, 4) is 11.1 Å². The molecule has 3 N–H and O–H groups in total. The third-order valence-corrected chi connectivity index (χ3v) is 7.16. The van der Waals surface area contributed by atoms with Gasteiger partial charge in [0, 0.05) is 37.1 Å². The Hall–Kier alpha value is -4.12. The molecule has 0 fully saturated rings. The fourth-order valence-electron chi connectivity index (χ4n) is 4.28. The van der Waals surface area contributed by atoms with Crippen molar-refractivity contribution in [2.45, 2.75) is 17.4 Å². The quantitative estimate of drug-likeness (QED) is 0.291. The van der Waals surface area contributed by atoms with Crippen LogP contribution in [0.1, 0.15) is 27.5 Å². The molecule has 5 aromatic rings. The van der Waals surface area contributed by atoms with E-state index in [2.05, 4.69) is 15.5 Å². The topological polar surface area (TPSA) is 124 Å². The van der Waals surface area contributed by atoms with Crippen molar-refractivity contribution in [2.75, 3.05) is 6.54 Å². The lowest BCUT2D eigenvalue weighted by Crippen LogP contribution is -2.30. The summed E-state index contributed by atoms with van der Waals surface area (Å²) in [5, 5.41) is 17.2. The molecule has 9 nitrogen and oxygen atoms in total. The number of rotatable bonds is 9. The van der Waals surface area contributed by atoms with E-state index in [9.17, 15) is 13.2 Å². The Morgan fingerprint density at radius 3 is 2.38 bits per heavy atom. The van der Waals surface area contributed by atoms with E-state index in [4.69, 9.17) is 5.14 Å². The zero-order valence-corrected chi connectivity index (χ0v) is 21.0. The van der Waals surface area contributed by atoms with E-state index in [0.717, 1.165) is 27.8 Å². The molecule has 0 bridgehead atoms. The lowest BCUT2D eigenvalue weighted by Gasteiger charge is -2.18. The highest BCUT2D eigenvalue weighted by Crippen LogP contribution is 2.25. The predicted octanol–water partition coefficient (Wildman–Crippen LogP) is 3.14. The van der Waals surface area contributed by atoms with Gasteiger partial charge in [-0.3, -0.25) is 9.48 Å². The van der Waals surface area contributed by atoms with Gasteiger partial charge >= 0.3 is 0 Å². The van der Waals surface area contributed by atoms with Gasteiger partial charge in [-0.25, -0.2) is 18.1 Å². The minimum atomic E-state index is -3.73. The van der Waals surface area contributed by atoms with Crippen LogP contribution in [0, 0.1) is 0 Å². The maximum atomic E-state index is 13.8. The highest BCUT2D eigenvalue weighted by molar-refractivity contribution is 7.89. The molecule has 0 radical (unpaired) electrons. The van der Waals surface area contributed by atoms with Crippen molar-refractivity contribution in [1.82, 2.24) is 24.7 Å². The number of nitrogens with zero attached hydrogens (tertiary/aromatic N) is 4. The van der Waals surface area contributed by atoms with Gasteiger partial charge in [0.05, 0.1) is 34.4 Å². The molecule has 37 heavy (non-hydrogen) atoms. The van der Waals surface area contributed by atoms with Crippen molar-refractivity contribution in [3.63, 3.8) is 0 Å². The fraction of sp³-hybridized carbons (Fsp3) is 0.148. The number of benzene rings is 2. The van der Waals surface area contributed by atoms with Crippen LogP contribution in [0.3, 0.4) is 0 Å². The Bertz CT molecular complexity index is 1660. The standard InChI is InChI=1S/C27H26N6O3S/c1-32-17-22(15-30-32)21-9-12-25-24(16-31-33(25)18-21)27(34)26(20-5-3-2-4-6-20)29-14-13-19-7-10-23(11-8-19)37(28,35)36/h2-12,15-18,26,29H,13-14H2,1H3,(H2,28,35,36). The number of Topliss-reactive ketones (excluding diaryl/α,β-unsaturated/α-hetero) is 1. The smallest absolute Gasteiger partial charge is 0.238 e. The van der Waals surface area contributed by atoms with Gasteiger partial charge in [-0.15, -0.1) is 0 Å². The number of ketones is 1. The average molecular weight is 515 g/mol. The van der Waals surface area contributed by atoms with E-state index in [-0.39, 0.29) is 10.7 Å². The van der Waals surface area contributed by atoms with Crippen molar-refractivity contribution >= 4 is 21.3 Å². The maximum absolute atomic E-state index is 13.8. The zero-order chi connectivity index (χ0) is 26.0. The third kappa shape index (κ3) is 5.36. The molecule has 0 spiro atoms. The monoisotopic (exact) mass is 514 g/mol. The summed E-state index contributed by atoms with van der Waals surface area (Å²) in [6, 6.07) is 19.3. The molecule has 10 heteroatoms. The first-order valence-corrected chi connectivity index (χ1v) is 13.2. The first kappa shape index (κ1) is 24.6. The number of hydrogen-bond acceptors (Lipinski definition) is 6. The first-order chi connectivity index (χ1) is 17.8. The SMILES string of the molecule is Cn1cc(-c2ccc3c(C(=O)C(NCCc4ccc(S(N)(=O)=O)cc4)c4ccccc4)cnn3c2)cn1. The molecule has 3 heterocycles. The van der Waals surface area contributed by atoms with Crippen LogP contribution in [-0.4, -0.2) is 40.1 Å². The number of pyridine rings is 1. The molecule has 188 valence electrons. The van der Waals surface area contributed by atoms with Crippen LogP contribution in [0.2, 0.25) is 0 Å². The Labute approximate surface area is 214 Å². The van der Waals surface area contributed by atoms with Gasteiger partial charge in [0.1, 0.15) is 0 Å². The van der Waals surface area contributed by atoms with Crippen molar-refractivity contribution in [2.24, 2.45) is 12.2 Å². The van der Waals surface area contributed by atoms with Crippen LogP contribution >= 0.6 is 0 Å². The van der Waals surface area contributed by atoms with Crippen LogP contribution in [0.15, 0.2) is 96.4 Å². The second kappa shape index (κ2) is 10.1. The van der Waals surface area contributed by atoms with Gasteiger partial charge in [-0.2, -0.15) is 10.2 Å². The molecule has 1 unspecified atom stereocenters. The number of fused-ring (bicyclic) bond motifs is 1. The number of sulfonamides is 1. The van der Waals surface area contributed by atoms with E-state index in [1.807, 2.05) is 61.9 Å². The average Bonchev–Trinajstić information content (AvgIpc) is 3.52. The number of aryl methyl sites for hydroxylation is 1. The molecule has 2 aromatic carbocycles.